The highest BCUT2D eigenvalue weighted by Gasteiger charge is 2.52. The van der Waals surface area contributed by atoms with Crippen LogP contribution in [-0.4, -0.2) is 18.3 Å². The number of halogens is 2. The third-order valence-corrected chi connectivity index (χ3v) is 4.18. The third-order valence-electron chi connectivity index (χ3n) is 3.89. The molecular formula is C13H17BClFO2. The summed E-state index contributed by atoms with van der Waals surface area (Å²) in [6, 6.07) is 3.28. The normalized spacial score (nSPS) is 21.4. The molecule has 0 unspecified atom stereocenters. The van der Waals surface area contributed by atoms with Gasteiger partial charge in [-0.3, -0.25) is 0 Å². The van der Waals surface area contributed by atoms with Gasteiger partial charge in [-0.05, 0) is 51.7 Å². The topological polar surface area (TPSA) is 18.5 Å². The van der Waals surface area contributed by atoms with Gasteiger partial charge >= 0.3 is 7.12 Å². The predicted molar refractivity (Wildman–Crippen MR) is 71.9 cm³/mol. The van der Waals surface area contributed by atoms with Crippen molar-refractivity contribution in [2.45, 2.75) is 45.8 Å². The van der Waals surface area contributed by atoms with Crippen LogP contribution >= 0.6 is 11.6 Å². The minimum Gasteiger partial charge on any atom is -0.399 e. The van der Waals surface area contributed by atoms with Gasteiger partial charge in [0.1, 0.15) is 5.82 Å². The Morgan fingerprint density at radius 3 is 2.11 bits per heavy atom. The van der Waals surface area contributed by atoms with Gasteiger partial charge in [-0.15, -0.1) is 0 Å². The first-order valence-electron chi connectivity index (χ1n) is 5.96. The van der Waals surface area contributed by atoms with Crippen molar-refractivity contribution in [1.82, 2.24) is 0 Å². The van der Waals surface area contributed by atoms with E-state index < -0.39 is 24.1 Å². The summed E-state index contributed by atoms with van der Waals surface area (Å²) < 4.78 is 25.6. The number of hydrogen-bond acceptors (Lipinski definition) is 2. The van der Waals surface area contributed by atoms with E-state index in [1.807, 2.05) is 27.7 Å². The molecule has 0 aliphatic carbocycles. The zero-order valence-electron chi connectivity index (χ0n) is 11.3. The summed E-state index contributed by atoms with van der Waals surface area (Å²) in [6.07, 6.45) is 0. The molecule has 1 aromatic rings. The fourth-order valence-corrected chi connectivity index (χ4v) is 2.10. The summed E-state index contributed by atoms with van der Waals surface area (Å²) in [4.78, 5) is 0. The van der Waals surface area contributed by atoms with Crippen LogP contribution in [0.4, 0.5) is 4.39 Å². The maximum atomic E-state index is 13.8. The minimum atomic E-state index is -0.554. The zero-order valence-corrected chi connectivity index (χ0v) is 12.1. The fourth-order valence-electron chi connectivity index (χ4n) is 1.89. The second-order valence-electron chi connectivity index (χ2n) is 5.66. The summed E-state index contributed by atoms with van der Waals surface area (Å²) in [5.74, 6) is -0.413. The van der Waals surface area contributed by atoms with E-state index in [0.717, 1.165) is 0 Å². The van der Waals surface area contributed by atoms with E-state index in [9.17, 15) is 4.39 Å². The molecule has 0 atom stereocenters. The van der Waals surface area contributed by atoms with Crippen molar-refractivity contribution < 1.29 is 13.7 Å². The van der Waals surface area contributed by atoms with Gasteiger partial charge in [0.05, 0.1) is 16.2 Å². The summed E-state index contributed by atoms with van der Waals surface area (Å²) in [5, 5.41) is 0.118. The maximum absolute atomic E-state index is 13.8. The Morgan fingerprint density at radius 2 is 1.61 bits per heavy atom. The van der Waals surface area contributed by atoms with E-state index >= 15 is 0 Å². The van der Waals surface area contributed by atoms with E-state index in [1.54, 1.807) is 13.0 Å². The second-order valence-corrected chi connectivity index (χ2v) is 6.07. The van der Waals surface area contributed by atoms with Crippen molar-refractivity contribution >= 4 is 24.2 Å². The van der Waals surface area contributed by atoms with Gasteiger partial charge in [-0.1, -0.05) is 17.7 Å². The number of benzene rings is 1. The molecule has 1 aliphatic heterocycles. The molecule has 0 aromatic heterocycles. The molecule has 5 heteroatoms. The lowest BCUT2D eigenvalue weighted by Crippen LogP contribution is -2.41. The third kappa shape index (κ3) is 2.06. The van der Waals surface area contributed by atoms with Gasteiger partial charge in [0.25, 0.3) is 0 Å². The highest BCUT2D eigenvalue weighted by atomic mass is 35.5. The van der Waals surface area contributed by atoms with Gasteiger partial charge in [0.2, 0.25) is 0 Å². The van der Waals surface area contributed by atoms with Crippen LogP contribution in [0.3, 0.4) is 0 Å². The molecule has 1 saturated heterocycles. The van der Waals surface area contributed by atoms with Gasteiger partial charge in [0, 0.05) is 0 Å². The minimum absolute atomic E-state index is 0.118. The number of rotatable bonds is 1. The van der Waals surface area contributed by atoms with Crippen LogP contribution in [0.15, 0.2) is 12.1 Å². The van der Waals surface area contributed by atoms with E-state index in [4.69, 9.17) is 20.9 Å². The first kappa shape index (κ1) is 13.8. The predicted octanol–water partition coefficient (Wildman–Crippen LogP) is 3.09. The highest BCUT2D eigenvalue weighted by molar-refractivity contribution is 6.62. The molecule has 0 amide bonds. The van der Waals surface area contributed by atoms with Crippen molar-refractivity contribution in [2.24, 2.45) is 0 Å². The van der Waals surface area contributed by atoms with E-state index in [1.165, 1.54) is 6.07 Å². The zero-order chi connectivity index (χ0) is 13.7. The van der Waals surface area contributed by atoms with E-state index in [2.05, 4.69) is 0 Å². The lowest BCUT2D eigenvalue weighted by molar-refractivity contribution is 0.00578. The van der Waals surface area contributed by atoms with Crippen LogP contribution in [0.25, 0.3) is 0 Å². The average Bonchev–Trinajstić information content (AvgIpc) is 2.45. The first-order chi connectivity index (χ1) is 8.16. The lowest BCUT2D eigenvalue weighted by Gasteiger charge is -2.32. The second kappa shape index (κ2) is 4.22. The van der Waals surface area contributed by atoms with Crippen LogP contribution in [0.1, 0.15) is 33.3 Å². The Bertz CT molecular complexity index is 472. The molecule has 0 spiro atoms. The average molecular weight is 271 g/mol. The van der Waals surface area contributed by atoms with Gasteiger partial charge in [-0.2, -0.15) is 0 Å². The molecule has 0 bridgehead atoms. The van der Waals surface area contributed by atoms with Crippen molar-refractivity contribution in [3.05, 3.63) is 28.5 Å². The largest absolute Gasteiger partial charge is 0.495 e. The molecule has 1 aliphatic rings. The monoisotopic (exact) mass is 270 g/mol. The van der Waals surface area contributed by atoms with Crippen LogP contribution in [0.5, 0.6) is 0 Å². The van der Waals surface area contributed by atoms with Crippen molar-refractivity contribution in [2.75, 3.05) is 0 Å². The van der Waals surface area contributed by atoms with Gasteiger partial charge in [-0.25, -0.2) is 4.39 Å². The number of hydrogen-bond donors (Lipinski definition) is 0. The van der Waals surface area contributed by atoms with E-state index in [-0.39, 0.29) is 5.02 Å². The smallest absolute Gasteiger partial charge is 0.399 e. The van der Waals surface area contributed by atoms with Crippen molar-refractivity contribution in [1.29, 1.82) is 0 Å². The standard InChI is InChI=1S/C13H17BClFO2/c1-8-9(6-7-10(15)11(8)16)14-17-12(2,3)13(4,5)18-14/h6-7H,1-5H3. The Labute approximate surface area is 113 Å². The molecule has 2 nitrogen and oxygen atoms in total. The van der Waals surface area contributed by atoms with E-state index in [0.29, 0.717) is 11.0 Å². The highest BCUT2D eigenvalue weighted by Crippen LogP contribution is 2.36. The van der Waals surface area contributed by atoms with Crippen LogP contribution in [0.2, 0.25) is 5.02 Å². The van der Waals surface area contributed by atoms with Crippen LogP contribution in [0, 0.1) is 12.7 Å². The quantitative estimate of drug-likeness (QED) is 0.730. The fraction of sp³-hybridized carbons (Fsp3) is 0.538. The first-order valence-corrected chi connectivity index (χ1v) is 6.33. The SMILES string of the molecule is Cc1c(B2OC(C)(C)C(C)(C)O2)ccc(Cl)c1F. The van der Waals surface area contributed by atoms with Crippen LogP contribution < -0.4 is 5.46 Å². The lowest BCUT2D eigenvalue weighted by atomic mass is 9.76. The Balaban J connectivity index is 2.39. The molecule has 18 heavy (non-hydrogen) atoms. The van der Waals surface area contributed by atoms with Crippen molar-refractivity contribution in [3.63, 3.8) is 0 Å². The Morgan fingerprint density at radius 1 is 1.11 bits per heavy atom. The molecule has 0 saturated carbocycles. The maximum Gasteiger partial charge on any atom is 0.495 e. The molecule has 1 aromatic carbocycles. The Hall–Kier alpha value is -0.575. The Kier molecular flexibility index (Phi) is 3.25. The van der Waals surface area contributed by atoms with Crippen molar-refractivity contribution in [3.8, 4) is 0 Å². The molecule has 0 N–H and O–H groups in total. The summed E-state index contributed by atoms with van der Waals surface area (Å²) in [5.41, 5.74) is 0.303. The molecule has 1 fully saturated rings. The molecule has 2 rings (SSSR count). The summed E-state index contributed by atoms with van der Waals surface area (Å²) in [6.45, 7) is 9.55. The summed E-state index contributed by atoms with van der Waals surface area (Å²) >= 11 is 5.75. The van der Waals surface area contributed by atoms with Gasteiger partial charge < -0.3 is 9.31 Å². The summed E-state index contributed by atoms with van der Waals surface area (Å²) in [7, 11) is -0.554. The molecule has 0 radical (unpaired) electrons. The molecule has 1 heterocycles. The van der Waals surface area contributed by atoms with Gasteiger partial charge in [0.15, 0.2) is 0 Å². The molecular weight excluding hydrogens is 253 g/mol. The molecule has 98 valence electrons. The van der Waals surface area contributed by atoms with Crippen LogP contribution in [-0.2, 0) is 9.31 Å².